The highest BCUT2D eigenvalue weighted by molar-refractivity contribution is 5.58. The first-order chi connectivity index (χ1) is 13.0. The summed E-state index contributed by atoms with van der Waals surface area (Å²) in [6.07, 6.45) is 0. The Kier molecular flexibility index (Phi) is 7.40. The third-order valence-corrected chi connectivity index (χ3v) is 4.48. The molecule has 0 aromatic heterocycles. The van der Waals surface area contributed by atoms with Crippen molar-refractivity contribution in [1.82, 2.24) is 0 Å². The van der Waals surface area contributed by atoms with Gasteiger partial charge in [-0.3, -0.25) is 0 Å². The monoisotopic (exact) mass is 372 g/mol. The third kappa shape index (κ3) is 4.49. The highest BCUT2D eigenvalue weighted by atomic mass is 16.5. The zero-order valence-electron chi connectivity index (χ0n) is 17.4. The average molecular weight is 373 g/mol. The molecule has 0 amide bonds. The van der Waals surface area contributed by atoms with E-state index in [4.69, 9.17) is 18.9 Å². The molecule has 27 heavy (non-hydrogen) atoms. The molecular formula is C23H32O4. The zero-order chi connectivity index (χ0) is 19.9. The fourth-order valence-electron chi connectivity index (χ4n) is 3.29. The summed E-state index contributed by atoms with van der Waals surface area (Å²) in [5, 5.41) is 0. The standard InChI is InChI=1S/C23H32O4/c1-7-24-19-15-11-13-17(21(19)26-9-3)23(5,6)18-14-12-16-20(25-8-2)22(18)27-10-4/h11-16H,7-10H2,1-6H3. The Labute approximate surface area is 163 Å². The third-order valence-electron chi connectivity index (χ3n) is 4.48. The Morgan fingerprint density at radius 3 is 1.30 bits per heavy atom. The summed E-state index contributed by atoms with van der Waals surface area (Å²) in [6, 6.07) is 12.1. The van der Waals surface area contributed by atoms with Crippen molar-refractivity contribution in [2.45, 2.75) is 47.0 Å². The van der Waals surface area contributed by atoms with E-state index in [-0.39, 0.29) is 5.41 Å². The van der Waals surface area contributed by atoms with E-state index in [2.05, 4.69) is 26.0 Å². The molecule has 0 aliphatic heterocycles. The Morgan fingerprint density at radius 1 is 0.593 bits per heavy atom. The van der Waals surface area contributed by atoms with Crippen LogP contribution >= 0.6 is 0 Å². The van der Waals surface area contributed by atoms with E-state index in [9.17, 15) is 0 Å². The first-order valence-corrected chi connectivity index (χ1v) is 9.79. The molecule has 0 N–H and O–H groups in total. The number of rotatable bonds is 10. The van der Waals surface area contributed by atoms with Crippen LogP contribution in [0.2, 0.25) is 0 Å². The second-order valence-corrected chi connectivity index (χ2v) is 6.62. The van der Waals surface area contributed by atoms with E-state index in [1.807, 2.05) is 52.0 Å². The molecule has 2 aromatic rings. The first kappa shape index (κ1) is 20.9. The normalized spacial score (nSPS) is 11.2. The highest BCUT2D eigenvalue weighted by Gasteiger charge is 2.32. The maximum absolute atomic E-state index is 6.01. The van der Waals surface area contributed by atoms with Crippen molar-refractivity contribution < 1.29 is 18.9 Å². The van der Waals surface area contributed by atoms with Gasteiger partial charge < -0.3 is 18.9 Å². The summed E-state index contributed by atoms with van der Waals surface area (Å²) in [5.74, 6) is 3.11. The summed E-state index contributed by atoms with van der Waals surface area (Å²) >= 11 is 0. The predicted octanol–water partition coefficient (Wildman–Crippen LogP) is 5.61. The number of para-hydroxylation sites is 2. The van der Waals surface area contributed by atoms with Crippen LogP contribution in [0.25, 0.3) is 0 Å². The predicted molar refractivity (Wildman–Crippen MR) is 110 cm³/mol. The van der Waals surface area contributed by atoms with Crippen LogP contribution in [-0.4, -0.2) is 26.4 Å². The van der Waals surface area contributed by atoms with Crippen molar-refractivity contribution in [3.8, 4) is 23.0 Å². The SMILES string of the molecule is CCOc1cccc(C(C)(C)c2cccc(OCC)c2OCC)c1OCC. The lowest BCUT2D eigenvalue weighted by molar-refractivity contribution is 0.276. The van der Waals surface area contributed by atoms with Crippen LogP contribution in [0.4, 0.5) is 0 Å². The van der Waals surface area contributed by atoms with Crippen LogP contribution in [0.5, 0.6) is 23.0 Å². The van der Waals surface area contributed by atoms with Gasteiger partial charge in [-0.15, -0.1) is 0 Å². The van der Waals surface area contributed by atoms with Gasteiger partial charge in [0.05, 0.1) is 26.4 Å². The van der Waals surface area contributed by atoms with Gasteiger partial charge in [-0.25, -0.2) is 0 Å². The average Bonchev–Trinajstić information content (AvgIpc) is 2.65. The fourth-order valence-corrected chi connectivity index (χ4v) is 3.29. The second-order valence-electron chi connectivity index (χ2n) is 6.62. The Morgan fingerprint density at radius 2 is 0.963 bits per heavy atom. The van der Waals surface area contributed by atoms with E-state index >= 15 is 0 Å². The zero-order valence-corrected chi connectivity index (χ0v) is 17.4. The smallest absolute Gasteiger partial charge is 0.165 e. The molecule has 2 aromatic carbocycles. The van der Waals surface area contributed by atoms with E-state index in [0.717, 1.165) is 34.1 Å². The van der Waals surface area contributed by atoms with Gasteiger partial charge in [0.25, 0.3) is 0 Å². The minimum absolute atomic E-state index is 0.366. The van der Waals surface area contributed by atoms with Gasteiger partial charge in [0.2, 0.25) is 0 Å². The molecule has 0 unspecified atom stereocenters. The topological polar surface area (TPSA) is 36.9 Å². The maximum Gasteiger partial charge on any atom is 0.165 e. The van der Waals surface area contributed by atoms with Gasteiger partial charge in [0.15, 0.2) is 23.0 Å². The summed E-state index contributed by atoms with van der Waals surface area (Å²) in [7, 11) is 0. The molecule has 0 atom stereocenters. The summed E-state index contributed by atoms with van der Waals surface area (Å²) in [6.45, 7) is 14.6. The Hall–Kier alpha value is -2.36. The fraction of sp³-hybridized carbons (Fsp3) is 0.478. The molecule has 0 saturated heterocycles. The van der Waals surface area contributed by atoms with Crippen molar-refractivity contribution in [2.24, 2.45) is 0 Å². The lowest BCUT2D eigenvalue weighted by atomic mass is 9.77. The van der Waals surface area contributed by atoms with Crippen LogP contribution in [0.3, 0.4) is 0 Å². The molecule has 0 saturated carbocycles. The highest BCUT2D eigenvalue weighted by Crippen LogP contribution is 2.47. The van der Waals surface area contributed by atoms with Crippen molar-refractivity contribution in [1.29, 1.82) is 0 Å². The minimum atomic E-state index is -0.366. The quantitative estimate of drug-likeness (QED) is 0.543. The van der Waals surface area contributed by atoms with Crippen molar-refractivity contribution in [3.05, 3.63) is 47.5 Å². The van der Waals surface area contributed by atoms with Crippen LogP contribution in [0, 0.1) is 0 Å². The van der Waals surface area contributed by atoms with Gasteiger partial charge >= 0.3 is 0 Å². The number of hydrogen-bond donors (Lipinski definition) is 0. The van der Waals surface area contributed by atoms with Crippen LogP contribution < -0.4 is 18.9 Å². The molecular weight excluding hydrogens is 340 g/mol. The maximum atomic E-state index is 6.01. The van der Waals surface area contributed by atoms with Crippen LogP contribution in [0.15, 0.2) is 36.4 Å². The van der Waals surface area contributed by atoms with E-state index in [1.54, 1.807) is 0 Å². The first-order valence-electron chi connectivity index (χ1n) is 9.79. The van der Waals surface area contributed by atoms with Crippen LogP contribution in [-0.2, 0) is 5.41 Å². The number of hydrogen-bond acceptors (Lipinski definition) is 4. The van der Waals surface area contributed by atoms with Crippen LogP contribution in [0.1, 0.15) is 52.7 Å². The molecule has 0 heterocycles. The molecule has 148 valence electrons. The summed E-state index contributed by atoms with van der Waals surface area (Å²) in [4.78, 5) is 0. The van der Waals surface area contributed by atoms with Gasteiger partial charge in [0, 0.05) is 16.5 Å². The van der Waals surface area contributed by atoms with E-state index in [0.29, 0.717) is 26.4 Å². The lowest BCUT2D eigenvalue weighted by Gasteiger charge is -2.31. The van der Waals surface area contributed by atoms with Gasteiger partial charge in [-0.05, 0) is 39.8 Å². The number of benzene rings is 2. The van der Waals surface area contributed by atoms with Gasteiger partial charge in [0.1, 0.15) is 0 Å². The van der Waals surface area contributed by atoms with Gasteiger partial charge in [-0.2, -0.15) is 0 Å². The molecule has 4 nitrogen and oxygen atoms in total. The summed E-state index contributed by atoms with van der Waals surface area (Å²) < 4.78 is 23.7. The largest absolute Gasteiger partial charge is 0.490 e. The molecule has 0 aliphatic carbocycles. The van der Waals surface area contributed by atoms with Gasteiger partial charge in [-0.1, -0.05) is 38.1 Å². The Balaban J connectivity index is 2.65. The van der Waals surface area contributed by atoms with E-state index in [1.165, 1.54) is 0 Å². The Bertz CT molecular complexity index is 676. The minimum Gasteiger partial charge on any atom is -0.490 e. The second kappa shape index (κ2) is 9.54. The summed E-state index contributed by atoms with van der Waals surface area (Å²) in [5.41, 5.74) is 1.75. The molecule has 2 rings (SSSR count). The molecule has 0 aliphatic rings. The van der Waals surface area contributed by atoms with Crippen molar-refractivity contribution in [3.63, 3.8) is 0 Å². The molecule has 0 bridgehead atoms. The number of ether oxygens (including phenoxy) is 4. The molecule has 0 radical (unpaired) electrons. The molecule has 4 heteroatoms. The van der Waals surface area contributed by atoms with Crippen molar-refractivity contribution >= 4 is 0 Å². The molecule has 0 spiro atoms. The lowest BCUT2D eigenvalue weighted by Crippen LogP contribution is -2.22. The molecule has 0 fully saturated rings. The van der Waals surface area contributed by atoms with Crippen molar-refractivity contribution in [2.75, 3.05) is 26.4 Å². The van der Waals surface area contributed by atoms with E-state index < -0.39 is 0 Å².